The Morgan fingerprint density at radius 2 is 1.73 bits per heavy atom. The first-order chi connectivity index (χ1) is 10.5. The number of fused-ring (bicyclic) bond motifs is 5. The molecule has 0 aromatic heterocycles. The van der Waals surface area contributed by atoms with Crippen molar-refractivity contribution in [2.24, 2.45) is 11.8 Å². The number of hydrogen-bond donors (Lipinski definition) is 0. The van der Waals surface area contributed by atoms with Gasteiger partial charge in [0.2, 0.25) is 11.8 Å². The van der Waals surface area contributed by atoms with Crippen molar-refractivity contribution in [2.75, 3.05) is 4.90 Å². The van der Waals surface area contributed by atoms with Gasteiger partial charge in [0.15, 0.2) is 0 Å². The van der Waals surface area contributed by atoms with Gasteiger partial charge in [-0.05, 0) is 12.1 Å². The van der Waals surface area contributed by atoms with E-state index in [1.54, 1.807) is 18.2 Å². The molecular formula is C14H9BrN2O5. The van der Waals surface area contributed by atoms with E-state index < -0.39 is 40.8 Å². The topological polar surface area (TPSA) is 89.8 Å². The van der Waals surface area contributed by atoms with Gasteiger partial charge in [0.05, 0.1) is 29.0 Å². The summed E-state index contributed by atoms with van der Waals surface area (Å²) in [5.41, 5.74) is -0.269. The molecule has 2 saturated heterocycles. The minimum absolute atomic E-state index is 0.0111. The number of imide groups is 1. The number of benzene rings is 1. The smallest absolute Gasteiger partial charge is 0.294 e. The quantitative estimate of drug-likeness (QED) is 0.345. The van der Waals surface area contributed by atoms with Gasteiger partial charge in [0.1, 0.15) is 5.69 Å². The van der Waals surface area contributed by atoms with Crippen molar-refractivity contribution < 1.29 is 19.2 Å². The Hall–Kier alpha value is -2.06. The van der Waals surface area contributed by atoms with E-state index in [1.165, 1.54) is 12.1 Å². The summed E-state index contributed by atoms with van der Waals surface area (Å²) >= 11 is 3.16. The predicted molar refractivity (Wildman–Crippen MR) is 78.1 cm³/mol. The summed E-state index contributed by atoms with van der Waals surface area (Å²) in [7, 11) is 0. The highest BCUT2D eigenvalue weighted by atomic mass is 79.9. The third-order valence-electron chi connectivity index (χ3n) is 4.29. The first-order valence-corrected chi connectivity index (χ1v) is 7.44. The van der Waals surface area contributed by atoms with Crippen molar-refractivity contribution in [1.82, 2.24) is 0 Å². The molecule has 3 aliphatic heterocycles. The number of nitro groups is 1. The van der Waals surface area contributed by atoms with Crippen LogP contribution in [0.4, 0.5) is 11.4 Å². The molecule has 3 heterocycles. The fourth-order valence-corrected chi connectivity index (χ4v) is 3.72. The monoisotopic (exact) mass is 364 g/mol. The molecule has 2 amide bonds. The van der Waals surface area contributed by atoms with E-state index in [-0.39, 0.29) is 11.4 Å². The maximum atomic E-state index is 12.6. The molecule has 0 aliphatic carbocycles. The highest BCUT2D eigenvalue weighted by Crippen LogP contribution is 2.47. The molecule has 22 heavy (non-hydrogen) atoms. The van der Waals surface area contributed by atoms with Crippen LogP contribution in [0.15, 0.2) is 34.8 Å². The van der Waals surface area contributed by atoms with E-state index in [0.717, 1.165) is 4.90 Å². The van der Waals surface area contributed by atoms with Crippen LogP contribution in [0.5, 0.6) is 0 Å². The number of anilines is 1. The third-order valence-corrected chi connectivity index (χ3v) is 4.78. The van der Waals surface area contributed by atoms with Gasteiger partial charge in [-0.15, -0.1) is 0 Å². The van der Waals surface area contributed by atoms with Crippen LogP contribution in [0.3, 0.4) is 0 Å². The first kappa shape index (κ1) is 13.6. The van der Waals surface area contributed by atoms with Crippen molar-refractivity contribution in [2.45, 2.75) is 12.2 Å². The maximum Gasteiger partial charge on any atom is 0.294 e. The van der Waals surface area contributed by atoms with Crippen LogP contribution in [-0.2, 0) is 14.3 Å². The number of carbonyl (C=O) groups is 2. The molecule has 7 nitrogen and oxygen atoms in total. The zero-order valence-corrected chi connectivity index (χ0v) is 12.6. The van der Waals surface area contributed by atoms with Crippen LogP contribution in [0, 0.1) is 22.0 Å². The van der Waals surface area contributed by atoms with E-state index in [0.29, 0.717) is 4.47 Å². The van der Waals surface area contributed by atoms with Gasteiger partial charge < -0.3 is 4.74 Å². The second-order valence-electron chi connectivity index (χ2n) is 5.40. The molecule has 0 saturated carbocycles. The second-order valence-corrected chi connectivity index (χ2v) is 6.32. The Morgan fingerprint density at radius 1 is 1.14 bits per heavy atom. The molecule has 1 aromatic rings. The number of rotatable bonds is 2. The van der Waals surface area contributed by atoms with Crippen molar-refractivity contribution in [3.05, 3.63) is 44.9 Å². The van der Waals surface area contributed by atoms with Crippen LogP contribution in [0.1, 0.15) is 0 Å². The molecule has 3 aliphatic rings. The average Bonchev–Trinajstić information content (AvgIpc) is 3.14. The number of ether oxygens (including phenoxy) is 1. The zero-order chi connectivity index (χ0) is 15.6. The second kappa shape index (κ2) is 4.47. The summed E-state index contributed by atoms with van der Waals surface area (Å²) in [5, 5.41) is 11.2. The van der Waals surface area contributed by atoms with Gasteiger partial charge >= 0.3 is 0 Å². The van der Waals surface area contributed by atoms with E-state index in [4.69, 9.17) is 4.74 Å². The third kappa shape index (κ3) is 1.65. The lowest BCUT2D eigenvalue weighted by Crippen LogP contribution is -2.34. The summed E-state index contributed by atoms with van der Waals surface area (Å²) in [5.74, 6) is -2.02. The van der Waals surface area contributed by atoms with Gasteiger partial charge in [0.25, 0.3) is 5.69 Å². The minimum Gasteiger partial charge on any atom is -0.365 e. The molecule has 2 fully saturated rings. The number of nitro benzene ring substituents is 1. The number of hydrogen-bond acceptors (Lipinski definition) is 5. The highest BCUT2D eigenvalue weighted by molar-refractivity contribution is 9.10. The Bertz CT molecular complexity index is 732. The molecule has 0 spiro atoms. The average molecular weight is 365 g/mol. The summed E-state index contributed by atoms with van der Waals surface area (Å²) in [6.07, 6.45) is 2.73. The standard InChI is InChI=1S/C14H9BrN2O5/c15-6-1-2-7(8(5-6)17(20)21)16-13(18)11-9-3-4-10(22-9)12(11)14(16)19/h1-5,9-12H/t9-,10+,11-,12-/m0/s1. The van der Waals surface area contributed by atoms with E-state index in [2.05, 4.69) is 15.9 Å². The lowest BCUT2D eigenvalue weighted by molar-refractivity contribution is -0.384. The van der Waals surface area contributed by atoms with Crippen molar-refractivity contribution in [3.63, 3.8) is 0 Å². The van der Waals surface area contributed by atoms with Crippen LogP contribution in [-0.4, -0.2) is 28.9 Å². The van der Waals surface area contributed by atoms with Crippen molar-refractivity contribution in [3.8, 4) is 0 Å². The van der Waals surface area contributed by atoms with Gasteiger partial charge in [-0.3, -0.25) is 19.7 Å². The maximum absolute atomic E-state index is 12.6. The van der Waals surface area contributed by atoms with E-state index in [1.807, 2.05) is 0 Å². The fourth-order valence-electron chi connectivity index (χ4n) is 3.37. The molecule has 0 unspecified atom stereocenters. The molecule has 2 bridgehead atoms. The lowest BCUT2D eigenvalue weighted by atomic mass is 9.85. The fraction of sp³-hybridized carbons (Fsp3) is 0.286. The normalized spacial score (nSPS) is 32.0. The molecule has 4 rings (SSSR count). The highest BCUT2D eigenvalue weighted by Gasteiger charge is 2.61. The molecular weight excluding hydrogens is 356 g/mol. The largest absolute Gasteiger partial charge is 0.365 e. The molecule has 112 valence electrons. The van der Waals surface area contributed by atoms with E-state index >= 15 is 0 Å². The van der Waals surface area contributed by atoms with Gasteiger partial charge in [-0.2, -0.15) is 0 Å². The number of amides is 2. The van der Waals surface area contributed by atoms with Crippen molar-refractivity contribution >= 4 is 39.1 Å². The minimum atomic E-state index is -0.599. The molecule has 0 N–H and O–H groups in total. The Kier molecular flexibility index (Phi) is 2.76. The van der Waals surface area contributed by atoms with Crippen LogP contribution in [0.25, 0.3) is 0 Å². The summed E-state index contributed by atoms with van der Waals surface area (Å²) < 4.78 is 6.05. The van der Waals surface area contributed by atoms with Crippen LogP contribution < -0.4 is 4.90 Å². The summed E-state index contributed by atoms with van der Waals surface area (Å²) in [6.45, 7) is 0. The first-order valence-electron chi connectivity index (χ1n) is 6.64. The molecule has 1 aromatic carbocycles. The van der Waals surface area contributed by atoms with Crippen LogP contribution in [0.2, 0.25) is 0 Å². The Morgan fingerprint density at radius 3 is 2.27 bits per heavy atom. The van der Waals surface area contributed by atoms with Gasteiger partial charge in [0, 0.05) is 10.5 Å². The lowest BCUT2D eigenvalue weighted by Gasteiger charge is -2.17. The SMILES string of the molecule is O=C1[C@@H]2[C@@H](C(=O)N1c1ccc(Br)cc1[N+](=O)[O-])[C@H]1C=C[C@@H]2O1. The Balaban J connectivity index is 1.81. The molecule has 0 radical (unpaired) electrons. The Labute approximate surface area is 132 Å². The number of carbonyl (C=O) groups excluding carboxylic acids is 2. The molecule has 8 heteroatoms. The van der Waals surface area contributed by atoms with Gasteiger partial charge in [-0.25, -0.2) is 4.90 Å². The number of halogens is 1. The summed E-state index contributed by atoms with van der Waals surface area (Å²) in [4.78, 5) is 36.8. The number of nitrogens with zero attached hydrogens (tertiary/aromatic N) is 2. The summed E-state index contributed by atoms with van der Waals surface area (Å²) in [6, 6.07) is 4.27. The van der Waals surface area contributed by atoms with E-state index in [9.17, 15) is 19.7 Å². The molecule has 4 atom stereocenters. The van der Waals surface area contributed by atoms with Gasteiger partial charge in [-0.1, -0.05) is 28.1 Å². The predicted octanol–water partition coefficient (Wildman–Crippen LogP) is 1.80. The zero-order valence-electron chi connectivity index (χ0n) is 11.0. The van der Waals surface area contributed by atoms with Crippen LogP contribution >= 0.6 is 15.9 Å². The van der Waals surface area contributed by atoms with Crippen molar-refractivity contribution in [1.29, 1.82) is 0 Å².